The average Bonchev–Trinajstić information content (AvgIpc) is 2.92. The van der Waals surface area contributed by atoms with Crippen LogP contribution in [0.2, 0.25) is 0 Å². The lowest BCUT2D eigenvalue weighted by Crippen LogP contribution is -2.02. The molecule has 0 saturated carbocycles. The number of aromatic nitrogens is 1. The predicted octanol–water partition coefficient (Wildman–Crippen LogP) is 3.47. The number of rotatable bonds is 4. The summed E-state index contributed by atoms with van der Waals surface area (Å²) in [6.07, 6.45) is 2.11. The number of hydrogen-bond donors (Lipinski definition) is 1. The lowest BCUT2D eigenvalue weighted by atomic mass is 10.0. The van der Waals surface area contributed by atoms with Crippen LogP contribution in [-0.4, -0.2) is 11.7 Å². The molecule has 1 heterocycles. The Morgan fingerprint density at radius 3 is 2.71 bits per heavy atom. The van der Waals surface area contributed by atoms with Crippen molar-refractivity contribution in [1.29, 1.82) is 0 Å². The van der Waals surface area contributed by atoms with Crippen molar-refractivity contribution in [3.8, 4) is 5.75 Å². The molecular formula is C18H20N2O. The second kappa shape index (κ2) is 5.62. The Morgan fingerprint density at radius 1 is 1.14 bits per heavy atom. The molecule has 108 valence electrons. The highest BCUT2D eigenvalue weighted by Gasteiger charge is 2.07. The molecule has 2 aromatic carbocycles. The van der Waals surface area contributed by atoms with Gasteiger partial charge >= 0.3 is 0 Å². The van der Waals surface area contributed by atoms with Crippen molar-refractivity contribution in [3.63, 3.8) is 0 Å². The summed E-state index contributed by atoms with van der Waals surface area (Å²) in [4.78, 5) is 0. The third-order valence-electron chi connectivity index (χ3n) is 3.98. The van der Waals surface area contributed by atoms with E-state index in [0.29, 0.717) is 6.54 Å². The highest BCUT2D eigenvalue weighted by molar-refractivity contribution is 5.86. The summed E-state index contributed by atoms with van der Waals surface area (Å²) in [5.41, 5.74) is 10.7. The Hall–Kier alpha value is -2.26. The van der Waals surface area contributed by atoms with Crippen LogP contribution in [0.1, 0.15) is 16.7 Å². The predicted molar refractivity (Wildman–Crippen MR) is 86.7 cm³/mol. The Kier molecular flexibility index (Phi) is 3.67. The topological polar surface area (TPSA) is 40.2 Å². The van der Waals surface area contributed by atoms with Crippen molar-refractivity contribution in [3.05, 3.63) is 65.4 Å². The van der Waals surface area contributed by atoms with Crippen LogP contribution in [0.5, 0.6) is 5.75 Å². The van der Waals surface area contributed by atoms with E-state index in [1.165, 1.54) is 22.2 Å². The third kappa shape index (κ3) is 2.52. The van der Waals surface area contributed by atoms with Crippen LogP contribution in [0, 0.1) is 6.92 Å². The van der Waals surface area contributed by atoms with Crippen LogP contribution in [0.25, 0.3) is 10.9 Å². The maximum absolute atomic E-state index is 5.69. The second-order valence-corrected chi connectivity index (χ2v) is 5.30. The second-order valence-electron chi connectivity index (χ2n) is 5.30. The van der Waals surface area contributed by atoms with Gasteiger partial charge in [-0.25, -0.2) is 0 Å². The maximum Gasteiger partial charge on any atom is 0.128 e. The lowest BCUT2D eigenvalue weighted by Gasteiger charge is -2.11. The molecule has 2 N–H and O–H groups in total. The molecule has 0 aliphatic carbocycles. The molecule has 0 aliphatic heterocycles. The quantitative estimate of drug-likeness (QED) is 0.795. The van der Waals surface area contributed by atoms with Crippen molar-refractivity contribution in [2.24, 2.45) is 5.73 Å². The molecule has 1 aromatic heterocycles. The molecule has 0 fully saturated rings. The molecule has 21 heavy (non-hydrogen) atoms. The summed E-state index contributed by atoms with van der Waals surface area (Å²) in [6.45, 7) is 3.58. The summed E-state index contributed by atoms with van der Waals surface area (Å²) in [5, 5.41) is 1.15. The first kappa shape index (κ1) is 13.7. The number of nitrogens with zero attached hydrogens (tertiary/aromatic N) is 1. The fourth-order valence-corrected chi connectivity index (χ4v) is 2.76. The summed E-state index contributed by atoms with van der Waals surface area (Å²) < 4.78 is 7.67. The van der Waals surface area contributed by atoms with Gasteiger partial charge in [0.05, 0.1) is 12.6 Å². The molecule has 0 amide bonds. The summed E-state index contributed by atoms with van der Waals surface area (Å²) in [7, 11) is 1.71. The standard InChI is InChI=1S/C18H20N2O/c1-13-10-14(11-19)6-7-15(13)12-20-9-8-16-17(20)4-3-5-18(16)21-2/h3-10H,11-12,19H2,1-2H3. The van der Waals surface area contributed by atoms with Gasteiger partial charge in [0.2, 0.25) is 0 Å². The van der Waals surface area contributed by atoms with E-state index in [9.17, 15) is 0 Å². The van der Waals surface area contributed by atoms with Gasteiger partial charge in [-0.3, -0.25) is 0 Å². The van der Waals surface area contributed by atoms with E-state index < -0.39 is 0 Å². The zero-order valence-corrected chi connectivity index (χ0v) is 12.5. The Labute approximate surface area is 125 Å². The van der Waals surface area contributed by atoms with E-state index in [0.717, 1.165) is 17.7 Å². The van der Waals surface area contributed by atoms with Crippen LogP contribution in [-0.2, 0) is 13.1 Å². The SMILES string of the molecule is COc1cccc2c1ccn2Cc1ccc(CN)cc1C. The highest BCUT2D eigenvalue weighted by atomic mass is 16.5. The van der Waals surface area contributed by atoms with Crippen LogP contribution in [0.3, 0.4) is 0 Å². The van der Waals surface area contributed by atoms with E-state index in [1.54, 1.807) is 7.11 Å². The lowest BCUT2D eigenvalue weighted by molar-refractivity contribution is 0.420. The Balaban J connectivity index is 1.99. The number of ether oxygens (including phenoxy) is 1. The van der Waals surface area contributed by atoms with Gasteiger partial charge < -0.3 is 15.0 Å². The Morgan fingerprint density at radius 2 is 2.00 bits per heavy atom. The molecule has 0 saturated heterocycles. The van der Waals surface area contributed by atoms with Crippen LogP contribution in [0.15, 0.2) is 48.7 Å². The van der Waals surface area contributed by atoms with Crippen molar-refractivity contribution >= 4 is 10.9 Å². The molecule has 0 bridgehead atoms. The molecule has 0 unspecified atom stereocenters. The van der Waals surface area contributed by atoms with Crippen molar-refractivity contribution < 1.29 is 4.74 Å². The molecular weight excluding hydrogens is 260 g/mol. The number of hydrogen-bond acceptors (Lipinski definition) is 2. The van der Waals surface area contributed by atoms with Gasteiger partial charge in [-0.2, -0.15) is 0 Å². The molecule has 0 radical (unpaired) electrons. The smallest absolute Gasteiger partial charge is 0.128 e. The van der Waals surface area contributed by atoms with Crippen LogP contribution >= 0.6 is 0 Å². The summed E-state index contributed by atoms with van der Waals surface area (Å²) in [6, 6.07) is 14.7. The fourth-order valence-electron chi connectivity index (χ4n) is 2.76. The van der Waals surface area contributed by atoms with Gasteiger partial charge in [0, 0.05) is 24.7 Å². The zero-order valence-electron chi connectivity index (χ0n) is 12.5. The monoisotopic (exact) mass is 280 g/mol. The number of nitrogens with two attached hydrogens (primary N) is 1. The number of fused-ring (bicyclic) bond motifs is 1. The van der Waals surface area contributed by atoms with Gasteiger partial charge in [-0.05, 0) is 41.8 Å². The molecule has 3 heteroatoms. The number of aryl methyl sites for hydroxylation is 1. The first-order valence-electron chi connectivity index (χ1n) is 7.13. The van der Waals surface area contributed by atoms with Gasteiger partial charge in [0.25, 0.3) is 0 Å². The molecule has 0 atom stereocenters. The van der Waals surface area contributed by atoms with E-state index in [2.05, 4.69) is 48.0 Å². The van der Waals surface area contributed by atoms with Crippen molar-refractivity contribution in [2.75, 3.05) is 7.11 Å². The molecule has 0 aliphatic rings. The third-order valence-corrected chi connectivity index (χ3v) is 3.98. The van der Waals surface area contributed by atoms with E-state index in [1.807, 2.05) is 12.1 Å². The van der Waals surface area contributed by atoms with E-state index in [-0.39, 0.29) is 0 Å². The summed E-state index contributed by atoms with van der Waals surface area (Å²) in [5.74, 6) is 0.918. The fraction of sp³-hybridized carbons (Fsp3) is 0.222. The van der Waals surface area contributed by atoms with Gasteiger partial charge in [-0.15, -0.1) is 0 Å². The average molecular weight is 280 g/mol. The number of benzene rings is 2. The van der Waals surface area contributed by atoms with E-state index in [4.69, 9.17) is 10.5 Å². The van der Waals surface area contributed by atoms with Crippen molar-refractivity contribution in [1.82, 2.24) is 4.57 Å². The minimum absolute atomic E-state index is 0.588. The zero-order chi connectivity index (χ0) is 14.8. The molecule has 3 rings (SSSR count). The number of methoxy groups -OCH3 is 1. The van der Waals surface area contributed by atoms with E-state index >= 15 is 0 Å². The van der Waals surface area contributed by atoms with Crippen molar-refractivity contribution in [2.45, 2.75) is 20.0 Å². The highest BCUT2D eigenvalue weighted by Crippen LogP contribution is 2.27. The van der Waals surface area contributed by atoms with Crippen LogP contribution in [0.4, 0.5) is 0 Å². The summed E-state index contributed by atoms with van der Waals surface area (Å²) >= 11 is 0. The van der Waals surface area contributed by atoms with Gasteiger partial charge in [0.1, 0.15) is 5.75 Å². The van der Waals surface area contributed by atoms with Gasteiger partial charge in [0.15, 0.2) is 0 Å². The minimum Gasteiger partial charge on any atom is -0.496 e. The normalized spacial score (nSPS) is 11.0. The maximum atomic E-state index is 5.69. The molecule has 0 spiro atoms. The molecule has 3 nitrogen and oxygen atoms in total. The molecule has 3 aromatic rings. The van der Waals surface area contributed by atoms with Gasteiger partial charge in [-0.1, -0.05) is 24.3 Å². The first-order valence-corrected chi connectivity index (χ1v) is 7.13. The van der Waals surface area contributed by atoms with Crippen LogP contribution < -0.4 is 10.5 Å². The Bertz CT molecular complexity index is 774. The minimum atomic E-state index is 0.588. The first-order chi connectivity index (χ1) is 10.2. The largest absolute Gasteiger partial charge is 0.496 e.